The van der Waals surface area contributed by atoms with Crippen molar-refractivity contribution in [1.29, 1.82) is 0 Å². The smallest absolute Gasteiger partial charge is 0.347 e. The van der Waals surface area contributed by atoms with Gasteiger partial charge in [-0.05, 0) is 0 Å². The zero-order valence-corrected chi connectivity index (χ0v) is 8.12. The summed E-state index contributed by atoms with van der Waals surface area (Å²) in [5, 5.41) is 18.3. The minimum atomic E-state index is -0.711. The summed E-state index contributed by atoms with van der Waals surface area (Å²) in [5.41, 5.74) is 0. The van der Waals surface area contributed by atoms with Gasteiger partial charge in [0.1, 0.15) is 6.54 Å². The molecule has 7 nitrogen and oxygen atoms in total. The molecule has 15 heavy (non-hydrogen) atoms. The number of hydrogen-bond donors (Lipinski definition) is 3. The minimum absolute atomic E-state index is 0.187. The van der Waals surface area contributed by atoms with Crippen LogP contribution in [0.5, 0.6) is 11.8 Å². The first-order valence-electron chi connectivity index (χ1n) is 4.16. The molecule has 0 unspecified atom stereocenters. The number of rotatable bonds is 4. The average molecular weight is 212 g/mol. The molecule has 1 rings (SSSR count). The van der Waals surface area contributed by atoms with Gasteiger partial charge >= 0.3 is 5.97 Å². The lowest BCUT2D eigenvalue weighted by molar-refractivity contribution is -0.145. The lowest BCUT2D eigenvalue weighted by Gasteiger charge is -2.12. The first-order valence-corrected chi connectivity index (χ1v) is 4.16. The van der Waals surface area contributed by atoms with E-state index in [0.29, 0.717) is 4.73 Å². The highest BCUT2D eigenvalue weighted by Crippen LogP contribution is 2.18. The highest BCUT2D eigenvalue weighted by molar-refractivity contribution is 6.29. The molecular formula is C7H11BN3O4. The third-order valence-electron chi connectivity index (χ3n) is 1.63. The summed E-state index contributed by atoms with van der Waals surface area (Å²) in [7, 11) is 1.48. The van der Waals surface area contributed by atoms with E-state index < -0.39 is 5.97 Å². The Bertz CT molecular complexity index is 335. The van der Waals surface area contributed by atoms with Crippen molar-refractivity contribution < 1.29 is 19.8 Å². The topological polar surface area (TPSA) is 101 Å². The monoisotopic (exact) mass is 212 g/mol. The van der Waals surface area contributed by atoms with E-state index in [1.54, 1.807) is 6.82 Å². The third-order valence-corrected chi connectivity index (χ3v) is 1.63. The van der Waals surface area contributed by atoms with E-state index in [0.717, 1.165) is 4.92 Å². The van der Waals surface area contributed by atoms with Crippen molar-refractivity contribution in [3.8, 4) is 11.8 Å². The van der Waals surface area contributed by atoms with E-state index >= 15 is 0 Å². The summed E-state index contributed by atoms with van der Waals surface area (Å²) in [6.07, 6.45) is 0. The van der Waals surface area contributed by atoms with Crippen LogP contribution in [-0.4, -0.2) is 39.8 Å². The normalized spacial score (nSPS) is 10.3. The van der Waals surface area contributed by atoms with E-state index in [9.17, 15) is 4.79 Å². The molecule has 1 aromatic heterocycles. The maximum absolute atomic E-state index is 11.2. The first kappa shape index (κ1) is 11.4. The predicted octanol–water partition coefficient (Wildman–Crippen LogP) is -1.30. The van der Waals surface area contributed by atoms with E-state index in [-0.39, 0.29) is 18.3 Å². The first-order chi connectivity index (χ1) is 7.04. The SMILES string of the molecule is C[B]N(N)CC(=O)On1c(O)ccc1O. The summed E-state index contributed by atoms with van der Waals surface area (Å²) in [6.45, 7) is 1.46. The van der Waals surface area contributed by atoms with E-state index in [1.807, 2.05) is 0 Å². The molecular weight excluding hydrogens is 201 g/mol. The fraction of sp³-hybridized carbons (Fsp3) is 0.286. The fourth-order valence-electron chi connectivity index (χ4n) is 0.866. The van der Waals surface area contributed by atoms with E-state index in [2.05, 4.69) is 4.84 Å². The Hall–Kier alpha value is -1.67. The predicted molar refractivity (Wildman–Crippen MR) is 51.9 cm³/mol. The van der Waals surface area contributed by atoms with Gasteiger partial charge in [0.15, 0.2) is 0 Å². The number of aromatic hydroxyl groups is 2. The van der Waals surface area contributed by atoms with Gasteiger partial charge in [-0.25, -0.2) is 4.79 Å². The second kappa shape index (κ2) is 4.71. The Balaban J connectivity index is 2.59. The molecule has 8 heteroatoms. The molecule has 1 radical (unpaired) electrons. The summed E-state index contributed by atoms with van der Waals surface area (Å²) in [5.74, 6) is 3.87. The minimum Gasteiger partial charge on any atom is -0.492 e. The van der Waals surface area contributed by atoms with Crippen molar-refractivity contribution in [1.82, 2.24) is 9.65 Å². The van der Waals surface area contributed by atoms with Crippen LogP contribution in [0, 0.1) is 0 Å². The summed E-state index contributed by atoms with van der Waals surface area (Å²) >= 11 is 0. The lowest BCUT2D eigenvalue weighted by atomic mass is 9.99. The maximum Gasteiger partial charge on any atom is 0.347 e. The van der Waals surface area contributed by atoms with Gasteiger partial charge < -0.3 is 15.1 Å². The molecule has 0 aliphatic heterocycles. The molecule has 0 aliphatic rings. The number of carbonyl (C=O) groups is 1. The van der Waals surface area contributed by atoms with Gasteiger partial charge in [-0.3, -0.25) is 10.8 Å². The van der Waals surface area contributed by atoms with E-state index in [1.165, 1.54) is 19.5 Å². The summed E-state index contributed by atoms with van der Waals surface area (Å²) in [6, 6.07) is 2.38. The Labute approximate surface area is 86.8 Å². The number of nitrogens with two attached hydrogens (primary N) is 1. The number of aromatic nitrogens is 1. The van der Waals surface area contributed by atoms with Gasteiger partial charge in [0.25, 0.3) is 0 Å². The van der Waals surface area contributed by atoms with Crippen LogP contribution in [0.15, 0.2) is 12.1 Å². The Morgan fingerprint density at radius 2 is 2.13 bits per heavy atom. The molecule has 0 saturated heterocycles. The third kappa shape index (κ3) is 2.89. The fourth-order valence-corrected chi connectivity index (χ4v) is 0.866. The van der Waals surface area contributed by atoms with Crippen molar-refractivity contribution >= 4 is 13.4 Å². The highest BCUT2D eigenvalue weighted by Gasteiger charge is 2.13. The zero-order chi connectivity index (χ0) is 11.4. The molecule has 0 aromatic carbocycles. The van der Waals surface area contributed by atoms with Crippen molar-refractivity contribution in [2.24, 2.45) is 5.84 Å². The van der Waals surface area contributed by atoms with Crippen molar-refractivity contribution in [2.45, 2.75) is 6.82 Å². The molecule has 0 atom stereocenters. The molecule has 0 amide bonds. The molecule has 1 heterocycles. The average Bonchev–Trinajstić information content (AvgIpc) is 2.49. The van der Waals surface area contributed by atoms with Gasteiger partial charge in [0.05, 0.1) is 0 Å². The second-order valence-electron chi connectivity index (χ2n) is 2.74. The van der Waals surface area contributed by atoms with Gasteiger partial charge in [0.2, 0.25) is 19.2 Å². The van der Waals surface area contributed by atoms with Crippen LogP contribution in [0.4, 0.5) is 0 Å². The van der Waals surface area contributed by atoms with Crippen LogP contribution in [0.25, 0.3) is 0 Å². The van der Waals surface area contributed by atoms with Crippen molar-refractivity contribution in [3.63, 3.8) is 0 Å². The lowest BCUT2D eigenvalue weighted by Crippen LogP contribution is -2.40. The number of nitrogens with zero attached hydrogens (tertiary/aromatic N) is 2. The van der Waals surface area contributed by atoms with Gasteiger partial charge in [-0.1, -0.05) is 6.82 Å². The summed E-state index contributed by atoms with van der Waals surface area (Å²) < 4.78 is 0.603. The van der Waals surface area contributed by atoms with Crippen LogP contribution in [-0.2, 0) is 4.79 Å². The van der Waals surface area contributed by atoms with Gasteiger partial charge in [0, 0.05) is 12.1 Å². The Morgan fingerprint density at radius 3 is 2.60 bits per heavy atom. The molecule has 81 valence electrons. The van der Waals surface area contributed by atoms with Crippen molar-refractivity contribution in [3.05, 3.63) is 12.1 Å². The Morgan fingerprint density at radius 1 is 1.60 bits per heavy atom. The van der Waals surface area contributed by atoms with Crippen molar-refractivity contribution in [2.75, 3.05) is 6.54 Å². The maximum atomic E-state index is 11.2. The molecule has 0 fully saturated rings. The number of hydrogen-bond acceptors (Lipinski definition) is 6. The van der Waals surface area contributed by atoms with Crippen LogP contribution in [0.2, 0.25) is 6.82 Å². The van der Waals surface area contributed by atoms with Crippen LogP contribution < -0.4 is 10.7 Å². The molecule has 0 bridgehead atoms. The molecule has 0 aliphatic carbocycles. The standard InChI is InChI=1S/C7H11BN3O4/c1-8-10(9)4-7(14)15-11-5(12)2-3-6(11)13/h2-3,12-13H,4,9H2,1H3. The number of carbonyl (C=O) groups excluding carboxylic acids is 1. The molecule has 1 aromatic rings. The molecule has 0 saturated carbocycles. The van der Waals surface area contributed by atoms with Gasteiger partial charge in [-0.15, -0.1) is 4.73 Å². The van der Waals surface area contributed by atoms with Crippen LogP contribution in [0.3, 0.4) is 0 Å². The van der Waals surface area contributed by atoms with Crippen LogP contribution in [0.1, 0.15) is 0 Å². The van der Waals surface area contributed by atoms with Crippen LogP contribution >= 0.6 is 0 Å². The largest absolute Gasteiger partial charge is 0.492 e. The molecule has 0 spiro atoms. The number of hydrazine groups is 1. The second-order valence-corrected chi connectivity index (χ2v) is 2.74. The molecule has 4 N–H and O–H groups in total. The summed E-state index contributed by atoms with van der Waals surface area (Å²) in [4.78, 5) is 16.9. The quantitative estimate of drug-likeness (QED) is 0.325. The Kier molecular flexibility index (Phi) is 3.59. The highest BCUT2D eigenvalue weighted by atomic mass is 16.7. The van der Waals surface area contributed by atoms with E-state index in [4.69, 9.17) is 16.1 Å². The zero-order valence-electron chi connectivity index (χ0n) is 8.12. The van der Waals surface area contributed by atoms with Gasteiger partial charge in [-0.2, -0.15) is 0 Å².